The monoisotopic (exact) mass is 138 g/mol. The van der Waals surface area contributed by atoms with Crippen molar-refractivity contribution < 1.29 is 4.39 Å². The van der Waals surface area contributed by atoms with E-state index in [4.69, 9.17) is 0 Å². The first kappa shape index (κ1) is 8.89. The highest BCUT2D eigenvalue weighted by Crippen LogP contribution is 1.96. The molecule has 0 aliphatic heterocycles. The van der Waals surface area contributed by atoms with Crippen LogP contribution in [-0.4, -0.2) is 0 Å². The van der Waals surface area contributed by atoms with E-state index >= 15 is 0 Å². The Balaban J connectivity index is 3.69. The van der Waals surface area contributed by atoms with Crippen molar-refractivity contribution in [1.82, 2.24) is 0 Å². The van der Waals surface area contributed by atoms with Crippen LogP contribution in [-0.2, 0) is 0 Å². The van der Waals surface area contributed by atoms with Gasteiger partial charge in [0.2, 0.25) is 0 Å². The molecule has 1 heteroatoms. The molecule has 0 aliphatic rings. The van der Waals surface area contributed by atoms with Crippen LogP contribution in [0, 0.1) is 0 Å². The molecule has 0 saturated carbocycles. The van der Waals surface area contributed by atoms with Crippen LogP contribution in [0.1, 0.15) is 6.42 Å². The molecule has 0 amide bonds. The summed E-state index contributed by atoms with van der Waals surface area (Å²) in [4.78, 5) is 0. The van der Waals surface area contributed by atoms with Crippen molar-refractivity contribution in [2.24, 2.45) is 0 Å². The van der Waals surface area contributed by atoms with Crippen LogP contribution in [0.25, 0.3) is 0 Å². The molecule has 0 heterocycles. The number of hydrogen-bond acceptors (Lipinski definition) is 0. The van der Waals surface area contributed by atoms with Crippen molar-refractivity contribution in [1.29, 1.82) is 0 Å². The quantitative estimate of drug-likeness (QED) is 0.413. The van der Waals surface area contributed by atoms with Gasteiger partial charge in [-0.25, -0.2) is 4.39 Å². The van der Waals surface area contributed by atoms with Crippen molar-refractivity contribution in [3.8, 4) is 0 Å². The standard InChI is InChI=1S/C9H11F/c1-3-5-6-7-8-9(10)4-2/h3-4,6-8H,1-2,5H2/b7-6-,9-8+. The molecule has 0 fully saturated rings. The van der Waals surface area contributed by atoms with Crippen LogP contribution in [0.4, 0.5) is 4.39 Å². The summed E-state index contributed by atoms with van der Waals surface area (Å²) < 4.78 is 12.2. The second kappa shape index (κ2) is 6.02. The molecule has 10 heavy (non-hydrogen) atoms. The van der Waals surface area contributed by atoms with Crippen molar-refractivity contribution in [2.75, 3.05) is 0 Å². The number of rotatable bonds is 4. The van der Waals surface area contributed by atoms with E-state index in [9.17, 15) is 4.39 Å². The number of hydrogen-bond donors (Lipinski definition) is 0. The van der Waals surface area contributed by atoms with Crippen LogP contribution in [0.15, 0.2) is 49.4 Å². The first-order valence-corrected chi connectivity index (χ1v) is 3.07. The van der Waals surface area contributed by atoms with Gasteiger partial charge in [-0.15, -0.1) is 6.58 Å². The summed E-state index contributed by atoms with van der Waals surface area (Å²) in [5, 5.41) is 0. The van der Waals surface area contributed by atoms with Crippen molar-refractivity contribution in [2.45, 2.75) is 6.42 Å². The maximum absolute atomic E-state index is 12.2. The zero-order chi connectivity index (χ0) is 7.82. The highest BCUT2D eigenvalue weighted by molar-refractivity contribution is 5.15. The fraction of sp³-hybridized carbons (Fsp3) is 0.111. The Bertz CT molecular complexity index is 164. The Kier molecular flexibility index (Phi) is 5.35. The van der Waals surface area contributed by atoms with Gasteiger partial charge in [0.15, 0.2) is 0 Å². The zero-order valence-corrected chi connectivity index (χ0v) is 5.89. The number of allylic oxidation sites excluding steroid dienone is 6. The second-order valence-electron chi connectivity index (χ2n) is 1.71. The highest BCUT2D eigenvalue weighted by atomic mass is 19.1. The van der Waals surface area contributed by atoms with Gasteiger partial charge >= 0.3 is 0 Å². The van der Waals surface area contributed by atoms with Gasteiger partial charge in [-0.3, -0.25) is 0 Å². The van der Waals surface area contributed by atoms with Gasteiger partial charge in [-0.2, -0.15) is 0 Å². The molecule has 0 nitrogen and oxygen atoms in total. The van der Waals surface area contributed by atoms with Crippen LogP contribution in [0.5, 0.6) is 0 Å². The first-order chi connectivity index (χ1) is 4.81. The van der Waals surface area contributed by atoms with E-state index in [0.29, 0.717) is 0 Å². The molecule has 0 saturated heterocycles. The second-order valence-corrected chi connectivity index (χ2v) is 1.71. The van der Waals surface area contributed by atoms with Crippen molar-refractivity contribution >= 4 is 0 Å². The molecular weight excluding hydrogens is 127 g/mol. The summed E-state index contributed by atoms with van der Waals surface area (Å²) in [6, 6.07) is 0. The molecule has 0 rings (SSSR count). The van der Waals surface area contributed by atoms with Crippen molar-refractivity contribution in [3.05, 3.63) is 49.4 Å². The summed E-state index contributed by atoms with van der Waals surface area (Å²) in [7, 11) is 0. The summed E-state index contributed by atoms with van der Waals surface area (Å²) in [6.45, 7) is 6.77. The average molecular weight is 138 g/mol. The lowest BCUT2D eigenvalue weighted by Crippen LogP contribution is -1.60. The van der Waals surface area contributed by atoms with Crippen molar-refractivity contribution in [3.63, 3.8) is 0 Å². The molecule has 0 spiro atoms. The lowest BCUT2D eigenvalue weighted by Gasteiger charge is -1.79. The topological polar surface area (TPSA) is 0 Å². The molecule has 0 aromatic carbocycles. The fourth-order valence-electron chi connectivity index (χ4n) is 0.403. The van der Waals surface area contributed by atoms with E-state index in [0.717, 1.165) is 12.5 Å². The summed E-state index contributed by atoms with van der Waals surface area (Å²) in [5.74, 6) is -0.319. The van der Waals surface area contributed by atoms with Gasteiger partial charge in [0.25, 0.3) is 0 Å². The molecule has 0 atom stereocenters. The van der Waals surface area contributed by atoms with Gasteiger partial charge in [-0.1, -0.05) is 24.8 Å². The molecule has 0 radical (unpaired) electrons. The lowest BCUT2D eigenvalue weighted by molar-refractivity contribution is 0.668. The third-order valence-corrected chi connectivity index (χ3v) is 0.889. The van der Waals surface area contributed by atoms with Crippen LogP contribution >= 0.6 is 0 Å². The summed E-state index contributed by atoms with van der Waals surface area (Å²) in [6.07, 6.45) is 8.49. The normalized spacial score (nSPS) is 11.9. The van der Waals surface area contributed by atoms with E-state index in [1.165, 1.54) is 6.08 Å². The van der Waals surface area contributed by atoms with Gasteiger partial charge in [0.05, 0.1) is 0 Å². The summed E-state index contributed by atoms with van der Waals surface area (Å²) >= 11 is 0. The van der Waals surface area contributed by atoms with Crippen LogP contribution < -0.4 is 0 Å². The Hall–Kier alpha value is -1.11. The molecule has 0 bridgehead atoms. The Morgan fingerprint density at radius 2 is 2.10 bits per heavy atom. The Morgan fingerprint density at radius 3 is 2.60 bits per heavy atom. The molecule has 0 unspecified atom stereocenters. The van der Waals surface area contributed by atoms with Gasteiger partial charge in [0, 0.05) is 0 Å². The minimum atomic E-state index is -0.319. The minimum absolute atomic E-state index is 0.319. The predicted octanol–water partition coefficient (Wildman–Crippen LogP) is 3.16. The minimum Gasteiger partial charge on any atom is -0.207 e. The van der Waals surface area contributed by atoms with Gasteiger partial charge < -0.3 is 0 Å². The summed E-state index contributed by atoms with van der Waals surface area (Å²) in [5.41, 5.74) is 0. The van der Waals surface area contributed by atoms with E-state index < -0.39 is 0 Å². The smallest absolute Gasteiger partial charge is 0.122 e. The predicted molar refractivity (Wildman–Crippen MR) is 43.3 cm³/mol. The lowest BCUT2D eigenvalue weighted by atomic mass is 10.3. The maximum Gasteiger partial charge on any atom is 0.122 e. The fourth-order valence-corrected chi connectivity index (χ4v) is 0.403. The van der Waals surface area contributed by atoms with Gasteiger partial charge in [-0.05, 0) is 18.6 Å². The highest BCUT2D eigenvalue weighted by Gasteiger charge is 1.77. The van der Waals surface area contributed by atoms with E-state index in [2.05, 4.69) is 13.2 Å². The third kappa shape index (κ3) is 5.04. The third-order valence-electron chi connectivity index (χ3n) is 0.889. The van der Waals surface area contributed by atoms with E-state index in [1.807, 2.05) is 6.08 Å². The molecule has 0 aromatic rings. The van der Waals surface area contributed by atoms with E-state index in [-0.39, 0.29) is 5.83 Å². The molecule has 54 valence electrons. The Morgan fingerprint density at radius 1 is 1.40 bits per heavy atom. The van der Waals surface area contributed by atoms with Crippen LogP contribution in [0.2, 0.25) is 0 Å². The van der Waals surface area contributed by atoms with Crippen LogP contribution in [0.3, 0.4) is 0 Å². The SMILES string of the molecule is C=CC/C=C\C=C(\F)C=C. The molecule has 0 aliphatic carbocycles. The maximum atomic E-state index is 12.2. The van der Waals surface area contributed by atoms with E-state index in [1.54, 1.807) is 12.2 Å². The molecule has 0 N–H and O–H groups in total. The Labute approximate surface area is 61.1 Å². The molecule has 0 aromatic heterocycles. The average Bonchev–Trinajstić information content (AvgIpc) is 1.98. The number of halogens is 1. The first-order valence-electron chi connectivity index (χ1n) is 3.07. The largest absolute Gasteiger partial charge is 0.207 e. The molecular formula is C9H11F. The van der Waals surface area contributed by atoms with Gasteiger partial charge in [0.1, 0.15) is 5.83 Å². The zero-order valence-electron chi connectivity index (χ0n) is 5.89.